The number of ether oxygens (including phenoxy) is 2. The molecule has 0 spiro atoms. The van der Waals surface area contributed by atoms with E-state index in [1.807, 2.05) is 19.1 Å². The summed E-state index contributed by atoms with van der Waals surface area (Å²) in [5.41, 5.74) is 0.413. The Hall–Kier alpha value is -3.42. The van der Waals surface area contributed by atoms with Crippen LogP contribution in [-0.2, 0) is 16.1 Å². The number of nitrogens with zero attached hydrogens (tertiary/aromatic N) is 1. The zero-order valence-electron chi connectivity index (χ0n) is 22.5. The third-order valence-electron chi connectivity index (χ3n) is 7.66. The fourth-order valence-corrected chi connectivity index (χ4v) is 5.32. The van der Waals surface area contributed by atoms with Gasteiger partial charge in [0.2, 0.25) is 5.82 Å². The topological polar surface area (TPSA) is 91.3 Å². The highest BCUT2D eigenvalue weighted by molar-refractivity contribution is 6.04. The number of hydrogen-bond donors (Lipinski definition) is 3. The van der Waals surface area contributed by atoms with E-state index < -0.39 is 59.1 Å². The Labute approximate surface area is 238 Å². The Kier molecular flexibility index (Phi) is 8.90. The number of benzene rings is 3. The van der Waals surface area contributed by atoms with Gasteiger partial charge in [0.05, 0.1) is 24.9 Å². The number of carbonyl (C=O) groups is 1. The molecule has 2 fully saturated rings. The van der Waals surface area contributed by atoms with E-state index in [1.54, 1.807) is 18.2 Å². The third-order valence-corrected chi connectivity index (χ3v) is 7.66. The van der Waals surface area contributed by atoms with Crippen molar-refractivity contribution in [1.82, 2.24) is 4.90 Å². The van der Waals surface area contributed by atoms with Gasteiger partial charge in [0.1, 0.15) is 5.56 Å². The maximum atomic E-state index is 14.2. The zero-order valence-corrected chi connectivity index (χ0v) is 22.5. The van der Waals surface area contributed by atoms with Gasteiger partial charge in [-0.25, -0.2) is 22.0 Å². The van der Waals surface area contributed by atoms with Gasteiger partial charge in [-0.2, -0.15) is 0 Å². The van der Waals surface area contributed by atoms with Crippen LogP contribution in [0.2, 0.25) is 0 Å². The number of β-amino-alcohol motifs (C(OH)–C–C–N with tert-alkyl or cyclic N) is 1. The fourth-order valence-electron chi connectivity index (χ4n) is 5.32. The molecule has 0 saturated carbocycles. The van der Waals surface area contributed by atoms with Crippen LogP contribution in [0.5, 0.6) is 0 Å². The van der Waals surface area contributed by atoms with Crippen LogP contribution in [0.4, 0.5) is 27.6 Å². The first-order valence-electron chi connectivity index (χ1n) is 13.4. The van der Waals surface area contributed by atoms with Crippen molar-refractivity contribution in [3.63, 3.8) is 0 Å². The minimum atomic E-state index is -2.36. The molecule has 42 heavy (non-hydrogen) atoms. The number of aliphatic hydroxyl groups excluding tert-OH is 2. The van der Waals surface area contributed by atoms with Crippen LogP contribution < -0.4 is 5.32 Å². The van der Waals surface area contributed by atoms with Crippen LogP contribution in [0.1, 0.15) is 52.8 Å². The fraction of sp³-hybridized carbons (Fsp3) is 0.367. The smallest absolute Gasteiger partial charge is 0.261 e. The van der Waals surface area contributed by atoms with E-state index in [-0.39, 0.29) is 24.3 Å². The van der Waals surface area contributed by atoms with Gasteiger partial charge in [0.25, 0.3) is 5.91 Å². The van der Waals surface area contributed by atoms with Crippen LogP contribution in [0, 0.1) is 35.0 Å². The molecule has 1 amide bonds. The summed E-state index contributed by atoms with van der Waals surface area (Å²) in [6.07, 6.45) is -1.51. The molecule has 0 bridgehead atoms. The number of likely N-dealkylation sites (tertiary alicyclic amines) is 1. The number of anilines is 1. The summed E-state index contributed by atoms with van der Waals surface area (Å²) in [5, 5.41) is 21.6. The van der Waals surface area contributed by atoms with Gasteiger partial charge >= 0.3 is 0 Å². The molecule has 224 valence electrons. The van der Waals surface area contributed by atoms with E-state index in [9.17, 15) is 37.0 Å². The molecule has 12 heteroatoms. The van der Waals surface area contributed by atoms with Crippen LogP contribution in [0.25, 0.3) is 0 Å². The summed E-state index contributed by atoms with van der Waals surface area (Å²) in [7, 11) is 0. The van der Waals surface area contributed by atoms with E-state index in [0.717, 1.165) is 11.1 Å². The standard InChI is InChI=1S/C30H29F5N2O5/c1-15-21(13-37-10-9-20(39)12-37)41-30(42-28(15)17-7-5-16(14-38)6-8-17)18-3-2-4-19(11-18)36-29(40)22-23(31)25(33)27(35)26(34)24(22)32/h2-8,11,15,20-21,28,30,38-39H,9-10,12-14H2,1H3,(H,36,40). The molecule has 2 heterocycles. The number of carbonyl (C=O) groups excluding carboxylic acids is 1. The molecule has 3 N–H and O–H groups in total. The molecule has 0 radical (unpaired) electrons. The summed E-state index contributed by atoms with van der Waals surface area (Å²) in [6, 6.07) is 13.3. The van der Waals surface area contributed by atoms with Gasteiger partial charge < -0.3 is 25.0 Å². The molecule has 5 atom stereocenters. The second-order valence-electron chi connectivity index (χ2n) is 10.5. The average Bonchev–Trinajstić information content (AvgIpc) is 3.40. The normalized spacial score (nSPS) is 24.6. The quantitative estimate of drug-likeness (QED) is 0.204. The molecular formula is C30H29F5N2O5. The lowest BCUT2D eigenvalue weighted by Gasteiger charge is -2.42. The van der Waals surface area contributed by atoms with Crippen molar-refractivity contribution in [2.45, 2.75) is 44.6 Å². The van der Waals surface area contributed by atoms with Gasteiger partial charge in [0.15, 0.2) is 29.6 Å². The Balaban J connectivity index is 1.41. The lowest BCUT2D eigenvalue weighted by molar-refractivity contribution is -0.276. The summed E-state index contributed by atoms with van der Waals surface area (Å²) in [5.74, 6) is -12.9. The SMILES string of the molecule is CC1C(CN2CCC(O)C2)OC(c2cccc(NC(=O)c3c(F)c(F)c(F)c(F)c3F)c2)OC1c1ccc(CO)cc1. The predicted molar refractivity (Wildman–Crippen MR) is 141 cm³/mol. The summed E-state index contributed by atoms with van der Waals surface area (Å²) in [4.78, 5) is 14.7. The Bertz CT molecular complexity index is 1430. The summed E-state index contributed by atoms with van der Waals surface area (Å²) >= 11 is 0. The molecule has 2 saturated heterocycles. The van der Waals surface area contributed by atoms with Gasteiger partial charge in [-0.15, -0.1) is 0 Å². The second-order valence-corrected chi connectivity index (χ2v) is 10.5. The molecule has 3 aromatic rings. The van der Waals surface area contributed by atoms with Gasteiger partial charge in [-0.05, 0) is 29.7 Å². The third kappa shape index (κ3) is 6.04. The number of aliphatic hydroxyl groups is 2. The zero-order chi connectivity index (χ0) is 30.1. The van der Waals surface area contributed by atoms with E-state index in [1.165, 1.54) is 18.2 Å². The summed E-state index contributed by atoms with van der Waals surface area (Å²) in [6.45, 7) is 3.59. The second kappa shape index (κ2) is 12.4. The van der Waals surface area contributed by atoms with Gasteiger partial charge in [0, 0.05) is 36.8 Å². The Morgan fingerprint density at radius 2 is 1.62 bits per heavy atom. The molecule has 3 aromatic carbocycles. The largest absolute Gasteiger partial charge is 0.392 e. The lowest BCUT2D eigenvalue weighted by Crippen LogP contribution is -2.44. The number of halogens is 5. The molecule has 0 aromatic heterocycles. The maximum Gasteiger partial charge on any atom is 0.261 e. The maximum absolute atomic E-state index is 14.2. The highest BCUT2D eigenvalue weighted by Gasteiger charge is 2.40. The van der Waals surface area contributed by atoms with E-state index in [4.69, 9.17) is 9.47 Å². The van der Waals surface area contributed by atoms with Crippen LogP contribution in [0.3, 0.4) is 0 Å². The highest BCUT2D eigenvalue weighted by atomic mass is 19.2. The lowest BCUT2D eigenvalue weighted by atomic mass is 9.90. The van der Waals surface area contributed by atoms with E-state index in [2.05, 4.69) is 10.2 Å². The molecule has 0 aliphatic carbocycles. The monoisotopic (exact) mass is 592 g/mol. The molecule has 2 aliphatic heterocycles. The summed E-state index contributed by atoms with van der Waals surface area (Å²) < 4.78 is 81.8. The van der Waals surface area contributed by atoms with Crippen molar-refractivity contribution in [3.8, 4) is 0 Å². The minimum Gasteiger partial charge on any atom is -0.392 e. The molecule has 2 aliphatic rings. The average molecular weight is 593 g/mol. The van der Waals surface area contributed by atoms with E-state index in [0.29, 0.717) is 31.6 Å². The van der Waals surface area contributed by atoms with Crippen molar-refractivity contribution in [2.75, 3.05) is 25.0 Å². The Morgan fingerprint density at radius 1 is 0.952 bits per heavy atom. The van der Waals surface area contributed by atoms with Crippen molar-refractivity contribution < 1.29 is 46.4 Å². The first-order valence-corrected chi connectivity index (χ1v) is 13.4. The van der Waals surface area contributed by atoms with Crippen molar-refractivity contribution in [3.05, 3.63) is 99.9 Å². The van der Waals surface area contributed by atoms with Crippen molar-refractivity contribution in [1.29, 1.82) is 0 Å². The van der Waals surface area contributed by atoms with Gasteiger partial charge in [-0.1, -0.05) is 43.3 Å². The number of amides is 1. The van der Waals surface area contributed by atoms with Crippen LogP contribution in [0.15, 0.2) is 48.5 Å². The number of rotatable bonds is 7. The molecule has 7 nitrogen and oxygen atoms in total. The number of hydrogen-bond acceptors (Lipinski definition) is 6. The van der Waals surface area contributed by atoms with E-state index >= 15 is 0 Å². The van der Waals surface area contributed by atoms with Gasteiger partial charge in [-0.3, -0.25) is 9.69 Å². The molecule has 5 unspecified atom stereocenters. The van der Waals surface area contributed by atoms with Crippen molar-refractivity contribution in [2.24, 2.45) is 5.92 Å². The molecular weight excluding hydrogens is 563 g/mol. The van der Waals surface area contributed by atoms with Crippen LogP contribution in [-0.4, -0.2) is 52.9 Å². The molecule has 5 rings (SSSR count). The predicted octanol–water partition coefficient (Wildman–Crippen LogP) is 4.98. The van der Waals surface area contributed by atoms with Crippen molar-refractivity contribution >= 4 is 11.6 Å². The minimum absolute atomic E-state index is 0.00956. The van der Waals surface area contributed by atoms with Crippen LogP contribution >= 0.6 is 0 Å². The first kappa shape index (κ1) is 30.1. The highest BCUT2D eigenvalue weighted by Crippen LogP contribution is 2.42. The Morgan fingerprint density at radius 3 is 2.24 bits per heavy atom. The number of nitrogens with one attached hydrogen (secondary N) is 1. The first-order chi connectivity index (χ1) is 20.1.